The summed E-state index contributed by atoms with van der Waals surface area (Å²) in [5, 5.41) is 6.89. The quantitative estimate of drug-likeness (QED) is 0.398. The number of aryl methyl sites for hydroxylation is 1. The molecule has 170 valence electrons. The van der Waals surface area contributed by atoms with Crippen LogP contribution < -0.4 is 11.1 Å². The van der Waals surface area contributed by atoms with Gasteiger partial charge in [-0.1, -0.05) is 41.9 Å². The SMILES string of the molecule is CCn1cc(Cl)c(C(=O)Nc2c(C(N)=O)sc3nc(C(F)(F)F)cc(-c4ccccc4)c23)n1. The monoisotopic (exact) mass is 493 g/mol. The van der Waals surface area contributed by atoms with Crippen LogP contribution in [0, 0.1) is 0 Å². The van der Waals surface area contributed by atoms with E-state index in [4.69, 9.17) is 17.3 Å². The highest BCUT2D eigenvalue weighted by molar-refractivity contribution is 7.21. The second kappa shape index (κ2) is 8.49. The maximum atomic E-state index is 13.5. The summed E-state index contributed by atoms with van der Waals surface area (Å²) >= 11 is 6.77. The maximum Gasteiger partial charge on any atom is 0.433 e. The molecular weight excluding hydrogens is 479 g/mol. The van der Waals surface area contributed by atoms with E-state index in [0.29, 0.717) is 23.4 Å². The molecule has 0 bridgehead atoms. The van der Waals surface area contributed by atoms with Gasteiger partial charge in [0.2, 0.25) is 0 Å². The van der Waals surface area contributed by atoms with Crippen molar-refractivity contribution in [3.05, 3.63) is 63.9 Å². The summed E-state index contributed by atoms with van der Waals surface area (Å²) < 4.78 is 42.1. The molecule has 0 aliphatic rings. The lowest BCUT2D eigenvalue weighted by Gasteiger charge is -2.12. The Morgan fingerprint density at radius 3 is 2.52 bits per heavy atom. The summed E-state index contributed by atoms with van der Waals surface area (Å²) in [7, 11) is 0. The molecule has 0 aliphatic heterocycles. The molecule has 3 heterocycles. The van der Waals surface area contributed by atoms with Gasteiger partial charge in [0.15, 0.2) is 5.69 Å². The Bertz CT molecular complexity index is 1380. The lowest BCUT2D eigenvalue weighted by atomic mass is 10.0. The number of primary amides is 1. The molecule has 3 N–H and O–H groups in total. The third-order valence-corrected chi connectivity index (χ3v) is 6.13. The topological polar surface area (TPSA) is 103 Å². The van der Waals surface area contributed by atoms with Crippen LogP contribution in [0.5, 0.6) is 0 Å². The van der Waals surface area contributed by atoms with E-state index in [1.54, 1.807) is 37.3 Å². The summed E-state index contributed by atoms with van der Waals surface area (Å²) in [6, 6.07) is 9.13. The largest absolute Gasteiger partial charge is 0.433 e. The minimum absolute atomic E-state index is 0.0466. The predicted molar refractivity (Wildman–Crippen MR) is 119 cm³/mol. The van der Waals surface area contributed by atoms with Crippen molar-refractivity contribution >= 4 is 50.7 Å². The zero-order valence-corrected chi connectivity index (χ0v) is 18.5. The fourth-order valence-electron chi connectivity index (χ4n) is 3.27. The Morgan fingerprint density at radius 1 is 1.24 bits per heavy atom. The number of carbonyl (C=O) groups is 2. The fourth-order valence-corrected chi connectivity index (χ4v) is 4.51. The van der Waals surface area contributed by atoms with Crippen LogP contribution in [0.4, 0.5) is 18.9 Å². The third kappa shape index (κ3) is 4.29. The number of nitrogens with one attached hydrogen (secondary N) is 1. The van der Waals surface area contributed by atoms with Crippen LogP contribution in [0.3, 0.4) is 0 Å². The van der Waals surface area contributed by atoms with Gasteiger partial charge in [-0.2, -0.15) is 18.3 Å². The van der Waals surface area contributed by atoms with Crippen LogP contribution in [-0.2, 0) is 12.7 Å². The summed E-state index contributed by atoms with van der Waals surface area (Å²) in [4.78, 5) is 28.5. The number of anilines is 1. The van der Waals surface area contributed by atoms with E-state index in [1.165, 1.54) is 10.9 Å². The highest BCUT2D eigenvalue weighted by Crippen LogP contribution is 2.43. The van der Waals surface area contributed by atoms with Gasteiger partial charge in [-0.15, -0.1) is 11.3 Å². The van der Waals surface area contributed by atoms with Crippen LogP contribution in [0.15, 0.2) is 42.6 Å². The summed E-state index contributed by atoms with van der Waals surface area (Å²) in [5.41, 5.74) is 4.78. The van der Waals surface area contributed by atoms with Crippen LogP contribution in [0.25, 0.3) is 21.3 Å². The highest BCUT2D eigenvalue weighted by atomic mass is 35.5. The van der Waals surface area contributed by atoms with E-state index in [2.05, 4.69) is 15.4 Å². The smallest absolute Gasteiger partial charge is 0.365 e. The van der Waals surface area contributed by atoms with Crippen molar-refractivity contribution in [3.63, 3.8) is 0 Å². The minimum Gasteiger partial charge on any atom is -0.365 e. The molecule has 3 aromatic heterocycles. The van der Waals surface area contributed by atoms with Gasteiger partial charge in [0.05, 0.1) is 10.7 Å². The minimum atomic E-state index is -4.72. The molecule has 0 unspecified atom stereocenters. The molecule has 0 radical (unpaired) electrons. The molecule has 33 heavy (non-hydrogen) atoms. The van der Waals surface area contributed by atoms with Gasteiger partial charge in [0, 0.05) is 18.1 Å². The van der Waals surface area contributed by atoms with Crippen LogP contribution in [0.1, 0.15) is 32.8 Å². The zero-order chi connectivity index (χ0) is 23.9. The van der Waals surface area contributed by atoms with Gasteiger partial charge in [-0.3, -0.25) is 14.3 Å². The number of nitrogens with zero attached hydrogens (tertiary/aromatic N) is 3. The van der Waals surface area contributed by atoms with Crippen molar-refractivity contribution in [2.75, 3.05) is 5.32 Å². The van der Waals surface area contributed by atoms with E-state index < -0.39 is 23.7 Å². The molecule has 4 aromatic rings. The number of benzene rings is 1. The average molecular weight is 494 g/mol. The Morgan fingerprint density at radius 2 is 1.94 bits per heavy atom. The lowest BCUT2D eigenvalue weighted by Crippen LogP contribution is -2.18. The van der Waals surface area contributed by atoms with Gasteiger partial charge in [-0.25, -0.2) is 4.98 Å². The first-order valence-electron chi connectivity index (χ1n) is 9.54. The second-order valence-electron chi connectivity index (χ2n) is 6.90. The number of carbonyl (C=O) groups excluding carboxylic acids is 2. The first-order valence-corrected chi connectivity index (χ1v) is 10.7. The van der Waals surface area contributed by atoms with Crippen LogP contribution >= 0.6 is 22.9 Å². The first-order chi connectivity index (χ1) is 15.6. The molecule has 0 aliphatic carbocycles. The van der Waals surface area contributed by atoms with Gasteiger partial charge in [0.1, 0.15) is 15.4 Å². The molecule has 12 heteroatoms. The summed E-state index contributed by atoms with van der Waals surface area (Å²) in [6.07, 6.45) is -3.26. The Kier molecular flexibility index (Phi) is 5.85. The Balaban J connectivity index is 1.96. The summed E-state index contributed by atoms with van der Waals surface area (Å²) in [6.45, 7) is 2.27. The number of alkyl halides is 3. The second-order valence-corrected chi connectivity index (χ2v) is 8.31. The van der Waals surface area contributed by atoms with Crippen molar-refractivity contribution in [2.45, 2.75) is 19.6 Å². The lowest BCUT2D eigenvalue weighted by molar-refractivity contribution is -0.140. The van der Waals surface area contributed by atoms with E-state index in [-0.39, 0.29) is 37.1 Å². The number of pyridine rings is 1. The predicted octanol–water partition coefficient (Wildman–Crippen LogP) is 5.20. The third-order valence-electron chi connectivity index (χ3n) is 4.76. The van der Waals surface area contributed by atoms with Gasteiger partial charge in [-0.05, 0) is 24.1 Å². The Hall–Kier alpha value is -3.44. The molecule has 4 rings (SSSR count). The van der Waals surface area contributed by atoms with E-state index in [9.17, 15) is 22.8 Å². The van der Waals surface area contributed by atoms with Crippen molar-refractivity contribution in [2.24, 2.45) is 5.73 Å². The molecule has 0 saturated carbocycles. The molecule has 1 aromatic carbocycles. The molecule has 0 fully saturated rings. The molecule has 7 nitrogen and oxygen atoms in total. The van der Waals surface area contributed by atoms with Gasteiger partial charge >= 0.3 is 6.18 Å². The molecule has 2 amide bonds. The fraction of sp³-hybridized carbons (Fsp3) is 0.143. The standard InChI is InChI=1S/C21H15ClF3N5O2S/c1-2-30-9-12(22)15(29-30)19(32)28-16-14-11(10-6-4-3-5-7-10)8-13(21(23,24)25)27-20(14)33-17(16)18(26)31/h3-9H,2H2,1H3,(H2,26,31)(H,28,32). The van der Waals surface area contributed by atoms with E-state index >= 15 is 0 Å². The van der Waals surface area contributed by atoms with E-state index in [1.807, 2.05) is 0 Å². The number of hydrogen-bond acceptors (Lipinski definition) is 5. The van der Waals surface area contributed by atoms with Crippen LogP contribution in [-0.4, -0.2) is 26.6 Å². The first kappa shape index (κ1) is 22.7. The number of nitrogens with two attached hydrogens (primary N) is 1. The summed E-state index contributed by atoms with van der Waals surface area (Å²) in [5.74, 6) is -1.67. The van der Waals surface area contributed by atoms with Crippen molar-refractivity contribution in [1.82, 2.24) is 14.8 Å². The van der Waals surface area contributed by atoms with E-state index in [0.717, 1.165) is 6.07 Å². The zero-order valence-electron chi connectivity index (χ0n) is 16.9. The van der Waals surface area contributed by atoms with Crippen molar-refractivity contribution in [1.29, 1.82) is 0 Å². The van der Waals surface area contributed by atoms with Gasteiger partial charge in [0.25, 0.3) is 11.8 Å². The van der Waals surface area contributed by atoms with Crippen molar-refractivity contribution < 1.29 is 22.8 Å². The number of hydrogen-bond donors (Lipinski definition) is 2. The molecule has 0 saturated heterocycles. The van der Waals surface area contributed by atoms with Crippen molar-refractivity contribution in [3.8, 4) is 11.1 Å². The average Bonchev–Trinajstić information content (AvgIpc) is 3.33. The Labute approximate surface area is 194 Å². The highest BCUT2D eigenvalue weighted by Gasteiger charge is 2.35. The number of aromatic nitrogens is 3. The normalized spacial score (nSPS) is 11.7. The molecule has 0 spiro atoms. The number of fused-ring (bicyclic) bond motifs is 1. The number of thiophene rings is 1. The molecular formula is C21H15ClF3N5O2S. The number of rotatable bonds is 5. The number of amides is 2. The number of halogens is 4. The van der Waals surface area contributed by atoms with Gasteiger partial charge < -0.3 is 11.1 Å². The maximum absolute atomic E-state index is 13.5. The molecule has 0 atom stereocenters. The van der Waals surface area contributed by atoms with Crippen LogP contribution in [0.2, 0.25) is 5.02 Å².